The number of nitrogens with one attached hydrogen (secondary N) is 1. The van der Waals surface area contributed by atoms with E-state index in [2.05, 4.69) is 9.71 Å². The molecule has 0 radical (unpaired) electrons. The van der Waals surface area contributed by atoms with Gasteiger partial charge in [0.25, 0.3) is 10.0 Å². The Morgan fingerprint density at radius 3 is 2.48 bits per heavy atom. The van der Waals surface area contributed by atoms with E-state index in [4.69, 9.17) is 0 Å². The highest BCUT2D eigenvalue weighted by molar-refractivity contribution is 7.92. The largest absolute Gasteiger partial charge is 0.275 e. The molecule has 1 aromatic carbocycles. The van der Waals surface area contributed by atoms with Crippen LogP contribution in [0.4, 0.5) is 0 Å². The number of aryl methyl sites for hydroxylation is 3. The quantitative estimate of drug-likeness (QED) is 0.915. The number of carbonyl (C=O) groups is 1. The second kappa shape index (κ2) is 6.36. The second-order valence-electron chi connectivity index (χ2n) is 4.62. The molecule has 0 spiro atoms. The first-order valence-corrected chi connectivity index (χ1v) is 8.72. The SMILES string of the molecule is Cc1nc(C)c(S(=O)(=O)NC(=O)CCc2ccccc2)s1. The molecule has 0 bridgehead atoms. The van der Waals surface area contributed by atoms with Gasteiger partial charge < -0.3 is 0 Å². The number of sulfonamides is 1. The van der Waals surface area contributed by atoms with Gasteiger partial charge in [-0.05, 0) is 25.8 Å². The summed E-state index contributed by atoms with van der Waals surface area (Å²) in [6, 6.07) is 9.46. The molecule has 0 saturated carbocycles. The molecule has 0 aliphatic carbocycles. The molecule has 0 atom stereocenters. The zero-order valence-electron chi connectivity index (χ0n) is 11.8. The van der Waals surface area contributed by atoms with E-state index in [9.17, 15) is 13.2 Å². The van der Waals surface area contributed by atoms with Crippen molar-refractivity contribution in [2.45, 2.75) is 30.9 Å². The smallest absolute Gasteiger partial charge is 0.274 e. The van der Waals surface area contributed by atoms with Gasteiger partial charge in [0.05, 0.1) is 10.7 Å². The van der Waals surface area contributed by atoms with E-state index in [1.807, 2.05) is 30.3 Å². The average Bonchev–Trinajstić information content (AvgIpc) is 2.77. The van der Waals surface area contributed by atoms with Crippen LogP contribution in [0, 0.1) is 13.8 Å². The number of thiazole rings is 1. The molecule has 0 fully saturated rings. The lowest BCUT2D eigenvalue weighted by Gasteiger charge is -2.05. The third kappa shape index (κ3) is 4.12. The lowest BCUT2D eigenvalue weighted by molar-refractivity contribution is -0.119. The summed E-state index contributed by atoms with van der Waals surface area (Å²) in [5.74, 6) is -0.510. The van der Waals surface area contributed by atoms with Crippen molar-refractivity contribution in [3.63, 3.8) is 0 Å². The van der Waals surface area contributed by atoms with Gasteiger partial charge in [-0.25, -0.2) is 18.1 Å². The van der Waals surface area contributed by atoms with Crippen molar-refractivity contribution in [2.24, 2.45) is 0 Å². The Balaban J connectivity index is 2.00. The van der Waals surface area contributed by atoms with E-state index >= 15 is 0 Å². The number of hydrogen-bond acceptors (Lipinski definition) is 5. The van der Waals surface area contributed by atoms with Gasteiger partial charge in [-0.1, -0.05) is 30.3 Å². The first-order chi connectivity index (χ1) is 9.88. The fourth-order valence-corrected chi connectivity index (χ4v) is 4.41. The van der Waals surface area contributed by atoms with Crippen molar-refractivity contribution in [3.05, 3.63) is 46.6 Å². The van der Waals surface area contributed by atoms with Gasteiger partial charge in [-0.15, -0.1) is 11.3 Å². The molecule has 0 aliphatic heterocycles. The van der Waals surface area contributed by atoms with Crippen molar-refractivity contribution < 1.29 is 13.2 Å². The number of carbonyl (C=O) groups excluding carboxylic acids is 1. The predicted octanol–water partition coefficient (Wildman–Crippen LogP) is 2.20. The maximum atomic E-state index is 12.1. The lowest BCUT2D eigenvalue weighted by Crippen LogP contribution is -2.30. The summed E-state index contributed by atoms with van der Waals surface area (Å²) < 4.78 is 26.5. The predicted molar refractivity (Wildman–Crippen MR) is 81.7 cm³/mol. The fraction of sp³-hybridized carbons (Fsp3) is 0.286. The number of benzene rings is 1. The van der Waals surface area contributed by atoms with Crippen LogP contribution in [0.3, 0.4) is 0 Å². The van der Waals surface area contributed by atoms with E-state index in [1.165, 1.54) is 0 Å². The van der Waals surface area contributed by atoms with E-state index in [-0.39, 0.29) is 10.6 Å². The van der Waals surface area contributed by atoms with Crippen molar-refractivity contribution in [2.75, 3.05) is 0 Å². The van der Waals surface area contributed by atoms with Gasteiger partial charge in [0.2, 0.25) is 5.91 Å². The molecule has 2 rings (SSSR count). The Bertz CT molecular complexity index is 737. The molecule has 1 heterocycles. The van der Waals surface area contributed by atoms with Gasteiger partial charge in [0, 0.05) is 6.42 Å². The van der Waals surface area contributed by atoms with E-state index in [1.54, 1.807) is 13.8 Å². The van der Waals surface area contributed by atoms with E-state index in [0.717, 1.165) is 16.9 Å². The summed E-state index contributed by atoms with van der Waals surface area (Å²) in [4.78, 5) is 15.9. The first kappa shape index (κ1) is 15.7. The van der Waals surface area contributed by atoms with Crippen molar-refractivity contribution >= 4 is 27.3 Å². The molecule has 7 heteroatoms. The summed E-state index contributed by atoms with van der Waals surface area (Å²) >= 11 is 1.06. The van der Waals surface area contributed by atoms with Crippen LogP contribution in [0.15, 0.2) is 34.5 Å². The summed E-state index contributed by atoms with van der Waals surface area (Å²) in [5.41, 5.74) is 1.41. The van der Waals surface area contributed by atoms with Crippen LogP contribution in [0.5, 0.6) is 0 Å². The third-order valence-corrected chi connectivity index (χ3v) is 5.89. The standard InChI is InChI=1S/C14H16N2O3S2/c1-10-14(20-11(2)15-10)21(18,19)16-13(17)9-8-12-6-4-3-5-7-12/h3-7H,8-9H2,1-2H3,(H,16,17). The zero-order valence-corrected chi connectivity index (χ0v) is 13.4. The molecule has 1 aromatic heterocycles. The number of aromatic nitrogens is 1. The van der Waals surface area contributed by atoms with Crippen LogP contribution in [0.2, 0.25) is 0 Å². The molecule has 1 amide bonds. The summed E-state index contributed by atoms with van der Waals surface area (Å²) in [6.07, 6.45) is 0.628. The minimum absolute atomic E-state index is 0.105. The first-order valence-electron chi connectivity index (χ1n) is 6.42. The zero-order chi connectivity index (χ0) is 15.5. The molecule has 2 aromatic rings. The number of nitrogens with zero attached hydrogens (tertiary/aromatic N) is 1. The summed E-state index contributed by atoms with van der Waals surface area (Å²) in [7, 11) is -3.82. The molecule has 0 aliphatic rings. The van der Waals surface area contributed by atoms with Crippen LogP contribution in [0.1, 0.15) is 22.7 Å². The Labute approximate surface area is 128 Å². The van der Waals surface area contributed by atoms with Crippen molar-refractivity contribution in [1.82, 2.24) is 9.71 Å². The fourth-order valence-electron chi connectivity index (χ4n) is 1.91. The lowest BCUT2D eigenvalue weighted by atomic mass is 10.1. The Hall–Kier alpha value is -1.73. The van der Waals surface area contributed by atoms with Gasteiger partial charge in [0.1, 0.15) is 0 Å². The average molecular weight is 324 g/mol. The summed E-state index contributed by atoms with van der Waals surface area (Å²) in [6.45, 7) is 3.35. The van der Waals surface area contributed by atoms with Gasteiger partial charge in [-0.3, -0.25) is 4.79 Å². The van der Waals surface area contributed by atoms with Crippen LogP contribution in [-0.4, -0.2) is 19.3 Å². The number of hydrogen-bond donors (Lipinski definition) is 1. The molecular formula is C14H16N2O3S2. The van der Waals surface area contributed by atoms with Crippen LogP contribution in [0.25, 0.3) is 0 Å². The van der Waals surface area contributed by atoms with E-state index < -0.39 is 15.9 Å². The Morgan fingerprint density at radius 1 is 1.24 bits per heavy atom. The minimum atomic E-state index is -3.82. The second-order valence-corrected chi connectivity index (χ2v) is 7.70. The van der Waals surface area contributed by atoms with Crippen LogP contribution >= 0.6 is 11.3 Å². The maximum Gasteiger partial charge on any atom is 0.275 e. The number of rotatable bonds is 5. The molecule has 0 unspecified atom stereocenters. The molecule has 5 nitrogen and oxygen atoms in total. The molecule has 21 heavy (non-hydrogen) atoms. The van der Waals surface area contributed by atoms with Crippen LogP contribution < -0.4 is 4.72 Å². The van der Waals surface area contributed by atoms with Gasteiger partial charge in [0.15, 0.2) is 4.21 Å². The summed E-state index contributed by atoms with van der Waals surface area (Å²) in [5, 5.41) is 0.657. The molecule has 1 N–H and O–H groups in total. The highest BCUT2D eigenvalue weighted by Gasteiger charge is 2.23. The highest BCUT2D eigenvalue weighted by Crippen LogP contribution is 2.22. The molecule has 0 saturated heterocycles. The molecule has 112 valence electrons. The van der Waals surface area contributed by atoms with Crippen molar-refractivity contribution in [3.8, 4) is 0 Å². The normalized spacial score (nSPS) is 11.3. The third-order valence-electron chi connectivity index (χ3n) is 2.84. The van der Waals surface area contributed by atoms with Crippen molar-refractivity contribution in [1.29, 1.82) is 0 Å². The Kier molecular flexibility index (Phi) is 4.74. The Morgan fingerprint density at radius 2 is 1.90 bits per heavy atom. The van der Waals surface area contributed by atoms with Crippen LogP contribution in [-0.2, 0) is 21.2 Å². The maximum absolute atomic E-state index is 12.1. The molecular weight excluding hydrogens is 308 g/mol. The topological polar surface area (TPSA) is 76.1 Å². The van der Waals surface area contributed by atoms with Gasteiger partial charge in [-0.2, -0.15) is 0 Å². The van der Waals surface area contributed by atoms with E-state index in [0.29, 0.717) is 17.1 Å². The number of amides is 1. The highest BCUT2D eigenvalue weighted by atomic mass is 32.2. The van der Waals surface area contributed by atoms with Gasteiger partial charge >= 0.3 is 0 Å². The monoisotopic (exact) mass is 324 g/mol. The minimum Gasteiger partial charge on any atom is -0.274 e.